The average Bonchev–Trinajstić information content (AvgIpc) is 2.34. The average molecular weight is 295 g/mol. The van der Waals surface area contributed by atoms with Crippen LogP contribution in [-0.2, 0) is 14.8 Å². The van der Waals surface area contributed by atoms with Crippen molar-refractivity contribution in [1.29, 1.82) is 0 Å². The Labute approximate surface area is 115 Å². The van der Waals surface area contributed by atoms with Crippen molar-refractivity contribution in [3.63, 3.8) is 0 Å². The fraction of sp³-hybridized carbons (Fsp3) is 0.900. The van der Waals surface area contributed by atoms with Gasteiger partial charge in [0.2, 0.25) is 16.0 Å². The summed E-state index contributed by atoms with van der Waals surface area (Å²) >= 11 is 0. The van der Waals surface area contributed by atoms with Crippen LogP contribution in [0.25, 0.3) is 0 Å². The molecule has 9 heteroatoms. The van der Waals surface area contributed by atoms with Crippen LogP contribution in [0.4, 0.5) is 0 Å². The van der Waals surface area contributed by atoms with E-state index in [1.807, 2.05) is 6.92 Å². The maximum Gasteiger partial charge on any atom is 0.208 e. The lowest BCUT2D eigenvalue weighted by atomic mass is 10.4. The first-order chi connectivity index (χ1) is 8.99. The highest BCUT2D eigenvalue weighted by molar-refractivity contribution is 7.88. The third kappa shape index (κ3) is 13.3. The third-order valence-electron chi connectivity index (χ3n) is 2.07. The van der Waals surface area contributed by atoms with Crippen LogP contribution in [0.3, 0.4) is 0 Å². The van der Waals surface area contributed by atoms with Gasteiger partial charge >= 0.3 is 0 Å². The maximum atomic E-state index is 10.8. The number of nitrogens with two attached hydrogens (primary N) is 1. The Hall–Kier alpha value is -0.900. The molecular weight excluding hydrogens is 270 g/mol. The van der Waals surface area contributed by atoms with Gasteiger partial charge in [0, 0.05) is 32.8 Å². The molecule has 0 aromatic rings. The molecule has 0 aromatic carbocycles. The van der Waals surface area contributed by atoms with Crippen molar-refractivity contribution >= 4 is 16.0 Å². The van der Waals surface area contributed by atoms with Crippen molar-refractivity contribution < 1.29 is 13.2 Å². The zero-order chi connectivity index (χ0) is 14.6. The fourth-order valence-corrected chi connectivity index (χ4v) is 1.72. The van der Waals surface area contributed by atoms with Crippen molar-refractivity contribution in [3.05, 3.63) is 0 Å². The van der Waals surface area contributed by atoms with Gasteiger partial charge in [-0.25, -0.2) is 19.0 Å². The minimum absolute atomic E-state index is 0.383. The highest BCUT2D eigenvalue weighted by Crippen LogP contribution is 1.84. The van der Waals surface area contributed by atoms with E-state index in [0.29, 0.717) is 45.2 Å². The minimum atomic E-state index is -3.12. The minimum Gasteiger partial charge on any atom is -0.382 e. The van der Waals surface area contributed by atoms with Crippen molar-refractivity contribution in [3.8, 4) is 0 Å². The number of nitrogens with one attached hydrogen (secondary N) is 3. The van der Waals surface area contributed by atoms with Gasteiger partial charge in [-0.2, -0.15) is 0 Å². The lowest BCUT2D eigenvalue weighted by molar-refractivity contribution is 0.146. The molecule has 0 heterocycles. The van der Waals surface area contributed by atoms with Gasteiger partial charge in [0.25, 0.3) is 0 Å². The number of sulfonamides is 1. The molecule has 0 amide bonds. The number of hydrazine groups is 1. The fourth-order valence-electron chi connectivity index (χ4n) is 1.21. The second kappa shape index (κ2) is 11.0. The molecule has 0 radical (unpaired) electrons. The molecule has 0 saturated carbocycles. The number of hydrogen-bond acceptors (Lipinski definition) is 5. The lowest BCUT2D eigenvalue weighted by Gasteiger charge is -2.09. The molecule has 0 unspecified atom stereocenters. The molecule has 0 aliphatic heterocycles. The van der Waals surface area contributed by atoms with E-state index >= 15 is 0 Å². The molecule has 0 bridgehead atoms. The van der Waals surface area contributed by atoms with Gasteiger partial charge in [-0.1, -0.05) is 0 Å². The first kappa shape index (κ1) is 18.1. The van der Waals surface area contributed by atoms with Crippen LogP contribution in [0, 0.1) is 0 Å². The molecule has 19 heavy (non-hydrogen) atoms. The molecule has 0 atom stereocenters. The molecule has 0 rings (SSSR count). The summed E-state index contributed by atoms with van der Waals surface area (Å²) in [6, 6.07) is 0. The summed E-state index contributed by atoms with van der Waals surface area (Å²) in [6.07, 6.45) is 2.61. The van der Waals surface area contributed by atoms with Crippen LogP contribution in [0.1, 0.15) is 19.8 Å². The SMILES string of the molecule is CCOCCCN=C(NN)NCCCNS(C)(=O)=O. The van der Waals surface area contributed by atoms with Crippen molar-refractivity contribution in [1.82, 2.24) is 15.5 Å². The molecule has 0 aliphatic rings. The second-order valence-corrected chi connectivity index (χ2v) is 5.70. The van der Waals surface area contributed by atoms with Crippen LogP contribution in [0.2, 0.25) is 0 Å². The van der Waals surface area contributed by atoms with E-state index in [1.165, 1.54) is 0 Å². The Morgan fingerprint density at radius 1 is 1.32 bits per heavy atom. The van der Waals surface area contributed by atoms with E-state index in [2.05, 4.69) is 20.5 Å². The summed E-state index contributed by atoms with van der Waals surface area (Å²) in [5.41, 5.74) is 2.46. The Morgan fingerprint density at radius 3 is 2.63 bits per heavy atom. The second-order valence-electron chi connectivity index (χ2n) is 3.87. The number of aliphatic imine (C=N–C) groups is 1. The first-order valence-electron chi connectivity index (χ1n) is 6.27. The zero-order valence-electron chi connectivity index (χ0n) is 11.6. The van der Waals surface area contributed by atoms with Gasteiger partial charge < -0.3 is 10.1 Å². The monoisotopic (exact) mass is 295 g/mol. The number of ether oxygens (including phenoxy) is 1. The molecular formula is C10H25N5O3S. The number of hydrogen-bond donors (Lipinski definition) is 4. The number of guanidine groups is 1. The highest BCUT2D eigenvalue weighted by atomic mass is 32.2. The lowest BCUT2D eigenvalue weighted by Crippen LogP contribution is -2.42. The molecule has 0 saturated heterocycles. The molecule has 0 aliphatic carbocycles. The van der Waals surface area contributed by atoms with Crippen molar-refractivity contribution in [2.75, 3.05) is 39.1 Å². The van der Waals surface area contributed by atoms with Crippen LogP contribution >= 0.6 is 0 Å². The van der Waals surface area contributed by atoms with E-state index in [4.69, 9.17) is 10.6 Å². The Bertz CT molecular complexity index is 345. The van der Waals surface area contributed by atoms with Crippen LogP contribution < -0.4 is 21.3 Å². The smallest absolute Gasteiger partial charge is 0.208 e. The van der Waals surface area contributed by atoms with Gasteiger partial charge in [0.1, 0.15) is 0 Å². The van der Waals surface area contributed by atoms with Crippen LogP contribution in [0.15, 0.2) is 4.99 Å². The van der Waals surface area contributed by atoms with Gasteiger partial charge in [-0.3, -0.25) is 10.4 Å². The maximum absolute atomic E-state index is 10.8. The van der Waals surface area contributed by atoms with Crippen LogP contribution in [-0.4, -0.2) is 53.5 Å². The molecule has 114 valence electrons. The van der Waals surface area contributed by atoms with E-state index in [-0.39, 0.29) is 0 Å². The predicted octanol–water partition coefficient (Wildman–Crippen LogP) is -1.24. The third-order valence-corrected chi connectivity index (χ3v) is 2.80. The first-order valence-corrected chi connectivity index (χ1v) is 8.16. The van der Waals surface area contributed by atoms with E-state index in [0.717, 1.165) is 12.7 Å². The quantitative estimate of drug-likeness (QED) is 0.132. The van der Waals surface area contributed by atoms with Gasteiger partial charge in [-0.15, -0.1) is 0 Å². The van der Waals surface area contributed by atoms with E-state index in [1.54, 1.807) is 0 Å². The largest absolute Gasteiger partial charge is 0.382 e. The number of nitrogens with zero attached hydrogens (tertiary/aromatic N) is 1. The van der Waals surface area contributed by atoms with Gasteiger partial charge in [0.15, 0.2) is 0 Å². The normalized spacial score (nSPS) is 12.5. The summed E-state index contributed by atoms with van der Waals surface area (Å²) in [4.78, 5) is 4.21. The topological polar surface area (TPSA) is 118 Å². The Kier molecular flexibility index (Phi) is 10.5. The predicted molar refractivity (Wildman–Crippen MR) is 76.2 cm³/mol. The van der Waals surface area contributed by atoms with E-state index < -0.39 is 10.0 Å². The molecule has 0 aromatic heterocycles. The summed E-state index contributed by atoms with van der Waals surface area (Å²) in [7, 11) is -3.12. The van der Waals surface area contributed by atoms with Crippen molar-refractivity contribution in [2.24, 2.45) is 10.8 Å². The summed E-state index contributed by atoms with van der Waals surface area (Å²) in [5, 5.41) is 2.98. The Balaban J connectivity index is 3.66. The van der Waals surface area contributed by atoms with Crippen molar-refractivity contribution in [2.45, 2.75) is 19.8 Å². The summed E-state index contributed by atoms with van der Waals surface area (Å²) in [6.45, 7) is 4.91. The molecule has 0 spiro atoms. The molecule has 0 fully saturated rings. The van der Waals surface area contributed by atoms with Gasteiger partial charge in [-0.05, 0) is 19.8 Å². The zero-order valence-corrected chi connectivity index (χ0v) is 12.4. The van der Waals surface area contributed by atoms with Gasteiger partial charge in [0.05, 0.1) is 6.26 Å². The number of rotatable bonds is 10. The summed E-state index contributed by atoms with van der Waals surface area (Å²) in [5.74, 6) is 5.81. The van der Waals surface area contributed by atoms with E-state index in [9.17, 15) is 8.42 Å². The highest BCUT2D eigenvalue weighted by Gasteiger charge is 1.99. The molecule has 5 N–H and O–H groups in total. The standard InChI is InChI=1S/C10H25N5O3S/c1-3-18-9-5-7-13-10(15-11)12-6-4-8-14-19(2,16)17/h14H,3-9,11H2,1-2H3,(H2,12,13,15). The van der Waals surface area contributed by atoms with Crippen LogP contribution in [0.5, 0.6) is 0 Å². The molecule has 8 nitrogen and oxygen atoms in total. The Morgan fingerprint density at radius 2 is 2.05 bits per heavy atom. The summed E-state index contributed by atoms with van der Waals surface area (Å²) < 4.78 is 29.2.